The van der Waals surface area contributed by atoms with Gasteiger partial charge in [0.25, 0.3) is 5.91 Å². The zero-order valence-corrected chi connectivity index (χ0v) is 19.5. The molecule has 0 spiro atoms. The molecule has 7 nitrogen and oxygen atoms in total. The molecule has 32 heavy (non-hydrogen) atoms. The normalized spacial score (nSPS) is 14.6. The van der Waals surface area contributed by atoms with E-state index in [0.29, 0.717) is 60.0 Å². The maximum Gasteiger partial charge on any atom is 0.340 e. The minimum Gasteiger partial charge on any atom is -0.479 e. The number of carbonyl (C=O) groups excluding carboxylic acids is 2. The first-order valence-corrected chi connectivity index (χ1v) is 11.2. The lowest BCUT2D eigenvalue weighted by Crippen LogP contribution is -2.37. The van der Waals surface area contributed by atoms with Crippen LogP contribution in [-0.2, 0) is 14.3 Å². The SMILES string of the molecule is CCCOC(=O)c1cc(NC(=O)C(C)Oc2ccc(Cl)cc2Cl)ccc1N1CCOCC1. The molecule has 0 aliphatic carbocycles. The summed E-state index contributed by atoms with van der Waals surface area (Å²) in [6.45, 7) is 6.39. The average Bonchev–Trinajstić information content (AvgIpc) is 2.79. The van der Waals surface area contributed by atoms with Gasteiger partial charge in [0.2, 0.25) is 0 Å². The van der Waals surface area contributed by atoms with E-state index < -0.39 is 12.1 Å². The van der Waals surface area contributed by atoms with E-state index in [1.54, 1.807) is 37.3 Å². The fourth-order valence-electron chi connectivity index (χ4n) is 3.19. The van der Waals surface area contributed by atoms with Crippen molar-refractivity contribution >= 4 is 46.5 Å². The van der Waals surface area contributed by atoms with Crippen molar-refractivity contribution < 1.29 is 23.8 Å². The Morgan fingerprint density at radius 1 is 1.16 bits per heavy atom. The van der Waals surface area contributed by atoms with Crippen LogP contribution in [0.2, 0.25) is 10.0 Å². The van der Waals surface area contributed by atoms with E-state index in [0.717, 1.165) is 12.1 Å². The van der Waals surface area contributed by atoms with Crippen molar-refractivity contribution in [3.63, 3.8) is 0 Å². The maximum atomic E-state index is 12.7. The summed E-state index contributed by atoms with van der Waals surface area (Å²) in [6, 6.07) is 9.97. The van der Waals surface area contributed by atoms with E-state index in [9.17, 15) is 9.59 Å². The Morgan fingerprint density at radius 2 is 1.91 bits per heavy atom. The highest BCUT2D eigenvalue weighted by atomic mass is 35.5. The summed E-state index contributed by atoms with van der Waals surface area (Å²) in [5, 5.41) is 3.58. The van der Waals surface area contributed by atoms with Crippen LogP contribution in [0.25, 0.3) is 0 Å². The lowest BCUT2D eigenvalue weighted by Gasteiger charge is -2.30. The summed E-state index contributed by atoms with van der Waals surface area (Å²) in [6.07, 6.45) is -0.111. The molecule has 9 heteroatoms. The fraction of sp³-hybridized carbons (Fsp3) is 0.391. The molecule has 3 rings (SSSR count). The first kappa shape index (κ1) is 24.2. The molecule has 172 valence electrons. The molecule has 1 aliphatic heterocycles. The van der Waals surface area contributed by atoms with E-state index in [4.69, 9.17) is 37.4 Å². The number of carbonyl (C=O) groups is 2. The molecule has 0 saturated carbocycles. The Balaban J connectivity index is 1.76. The first-order valence-electron chi connectivity index (χ1n) is 10.5. The Kier molecular flexibility index (Phi) is 8.61. The molecule has 1 amide bonds. The molecule has 1 heterocycles. The lowest BCUT2D eigenvalue weighted by molar-refractivity contribution is -0.122. The van der Waals surface area contributed by atoms with Crippen molar-refractivity contribution in [2.24, 2.45) is 0 Å². The molecule has 0 aromatic heterocycles. The molecule has 2 aromatic carbocycles. The number of anilines is 2. The van der Waals surface area contributed by atoms with Crippen molar-refractivity contribution in [1.82, 2.24) is 0 Å². The number of nitrogens with one attached hydrogen (secondary N) is 1. The molecule has 1 fully saturated rings. The highest BCUT2D eigenvalue weighted by Gasteiger charge is 2.22. The molecular formula is C23H26Cl2N2O5. The van der Waals surface area contributed by atoms with E-state index in [-0.39, 0.29) is 5.91 Å². The van der Waals surface area contributed by atoms with Gasteiger partial charge in [0.05, 0.1) is 36.1 Å². The van der Waals surface area contributed by atoms with Crippen LogP contribution < -0.4 is 15.0 Å². The van der Waals surface area contributed by atoms with E-state index in [1.807, 2.05) is 13.0 Å². The van der Waals surface area contributed by atoms with Crippen LogP contribution in [0.3, 0.4) is 0 Å². The molecule has 0 bridgehead atoms. The number of morpholine rings is 1. The Hall–Kier alpha value is -2.48. The standard InChI is InChI=1S/C23H26Cl2N2O5/c1-3-10-31-23(29)18-14-17(5-6-20(18)27-8-11-30-12-9-27)26-22(28)15(2)32-21-7-4-16(24)13-19(21)25/h4-7,13-15H,3,8-12H2,1-2H3,(H,26,28). The lowest BCUT2D eigenvalue weighted by atomic mass is 10.1. The molecular weight excluding hydrogens is 455 g/mol. The van der Waals surface area contributed by atoms with Crippen molar-refractivity contribution in [2.45, 2.75) is 26.4 Å². The quantitative estimate of drug-likeness (QED) is 0.546. The molecule has 0 radical (unpaired) electrons. The summed E-state index contributed by atoms with van der Waals surface area (Å²) in [5.41, 5.74) is 1.62. The molecule has 1 saturated heterocycles. The van der Waals surface area contributed by atoms with Crippen molar-refractivity contribution in [3.8, 4) is 5.75 Å². The predicted octanol–water partition coefficient (Wildman–Crippen LogP) is 4.80. The number of rotatable bonds is 8. The third-order valence-corrected chi connectivity index (χ3v) is 5.37. The Labute approximate surface area is 197 Å². The minimum atomic E-state index is -0.830. The first-order chi connectivity index (χ1) is 15.4. The minimum absolute atomic E-state index is 0.313. The van der Waals surface area contributed by atoms with Gasteiger partial charge in [-0.25, -0.2) is 4.79 Å². The van der Waals surface area contributed by atoms with Gasteiger partial charge in [-0.1, -0.05) is 30.1 Å². The van der Waals surface area contributed by atoms with Crippen molar-refractivity contribution in [1.29, 1.82) is 0 Å². The summed E-state index contributed by atoms with van der Waals surface area (Å²) in [5.74, 6) is -0.463. The van der Waals surface area contributed by atoms with Gasteiger partial charge in [-0.05, 0) is 49.7 Å². The van der Waals surface area contributed by atoms with Gasteiger partial charge in [0, 0.05) is 23.8 Å². The summed E-state index contributed by atoms with van der Waals surface area (Å²) in [7, 11) is 0. The topological polar surface area (TPSA) is 77.1 Å². The number of halogens is 2. The summed E-state index contributed by atoms with van der Waals surface area (Å²) in [4.78, 5) is 27.5. The van der Waals surface area contributed by atoms with Gasteiger partial charge in [0.1, 0.15) is 5.75 Å². The van der Waals surface area contributed by atoms with Crippen LogP contribution >= 0.6 is 23.2 Å². The van der Waals surface area contributed by atoms with Gasteiger partial charge in [-0.2, -0.15) is 0 Å². The van der Waals surface area contributed by atoms with Gasteiger partial charge in [-0.15, -0.1) is 0 Å². The predicted molar refractivity (Wildman–Crippen MR) is 125 cm³/mol. The third kappa shape index (κ3) is 6.28. The zero-order valence-electron chi connectivity index (χ0n) is 18.0. The highest BCUT2D eigenvalue weighted by Crippen LogP contribution is 2.29. The summed E-state index contributed by atoms with van der Waals surface area (Å²) < 4.78 is 16.4. The number of hydrogen-bond donors (Lipinski definition) is 1. The second kappa shape index (κ2) is 11.4. The van der Waals surface area contributed by atoms with Gasteiger partial charge < -0.3 is 24.4 Å². The monoisotopic (exact) mass is 480 g/mol. The van der Waals surface area contributed by atoms with Gasteiger partial charge in [0.15, 0.2) is 6.10 Å². The molecule has 2 aromatic rings. The van der Waals surface area contributed by atoms with Crippen LogP contribution in [-0.4, -0.2) is 50.9 Å². The number of amides is 1. The fourth-order valence-corrected chi connectivity index (χ4v) is 3.64. The number of ether oxygens (including phenoxy) is 3. The van der Waals surface area contributed by atoms with Crippen LogP contribution in [0, 0.1) is 0 Å². The Bertz CT molecular complexity index is 963. The largest absolute Gasteiger partial charge is 0.479 e. The van der Waals surface area contributed by atoms with Crippen LogP contribution in [0.5, 0.6) is 5.75 Å². The third-order valence-electron chi connectivity index (χ3n) is 4.84. The molecule has 1 aliphatic rings. The molecule has 1 unspecified atom stereocenters. The van der Waals surface area contributed by atoms with Gasteiger partial charge >= 0.3 is 5.97 Å². The number of esters is 1. The number of benzene rings is 2. The van der Waals surface area contributed by atoms with Crippen molar-refractivity contribution in [2.75, 3.05) is 43.1 Å². The smallest absolute Gasteiger partial charge is 0.340 e. The van der Waals surface area contributed by atoms with Gasteiger partial charge in [-0.3, -0.25) is 4.79 Å². The second-order valence-electron chi connectivity index (χ2n) is 7.29. The summed E-state index contributed by atoms with van der Waals surface area (Å²) >= 11 is 12.0. The van der Waals surface area contributed by atoms with E-state index >= 15 is 0 Å². The molecule has 1 N–H and O–H groups in total. The van der Waals surface area contributed by atoms with E-state index in [2.05, 4.69) is 10.2 Å². The zero-order chi connectivity index (χ0) is 23.1. The maximum absolute atomic E-state index is 12.7. The van der Waals surface area contributed by atoms with Crippen LogP contribution in [0.1, 0.15) is 30.6 Å². The average molecular weight is 481 g/mol. The number of hydrogen-bond acceptors (Lipinski definition) is 6. The Morgan fingerprint density at radius 3 is 2.59 bits per heavy atom. The highest BCUT2D eigenvalue weighted by molar-refractivity contribution is 6.35. The number of nitrogens with zero attached hydrogens (tertiary/aromatic N) is 1. The van der Waals surface area contributed by atoms with Crippen LogP contribution in [0.15, 0.2) is 36.4 Å². The van der Waals surface area contributed by atoms with E-state index in [1.165, 1.54) is 0 Å². The second-order valence-corrected chi connectivity index (χ2v) is 8.13. The van der Waals surface area contributed by atoms with Crippen molar-refractivity contribution in [3.05, 3.63) is 52.0 Å². The molecule has 1 atom stereocenters. The van der Waals surface area contributed by atoms with Crippen LogP contribution in [0.4, 0.5) is 11.4 Å².